The lowest BCUT2D eigenvalue weighted by Gasteiger charge is -2.15. The van der Waals surface area contributed by atoms with Crippen molar-refractivity contribution in [3.63, 3.8) is 0 Å². The first-order valence-corrected chi connectivity index (χ1v) is 13.0. The zero-order chi connectivity index (χ0) is 27.5. The van der Waals surface area contributed by atoms with Gasteiger partial charge in [0.25, 0.3) is 11.6 Å². The molecule has 0 radical (unpaired) electrons. The number of aromatic nitrogens is 2. The molecule has 3 aromatic rings. The van der Waals surface area contributed by atoms with E-state index < -0.39 is 43.3 Å². The number of hydrogen-bond donors (Lipinski definition) is 2. The van der Waals surface area contributed by atoms with Crippen LogP contribution in [0.5, 0.6) is 11.6 Å². The number of hydrogen-bond acceptors (Lipinski definition) is 7. The second-order valence-electron chi connectivity index (χ2n) is 8.72. The number of carbonyl (C=O) groups excluding carboxylic acids is 1. The molecule has 1 amide bonds. The highest BCUT2D eigenvalue weighted by molar-refractivity contribution is 7.89. The summed E-state index contributed by atoms with van der Waals surface area (Å²) in [5.74, 6) is -1.21. The standard InChI is InChI=1S/C24H28FN5O6S/c1-6-15(4)26-23(31)22-16(5)24(29(27-22)18-9-7-17(25)8-10-18)36-20-12-11-19(30(32)33)13-21(20)37(34,35)28-14(2)3/h7-15,28H,6H2,1-5H3,(H,26,31)/t15-/m0/s1. The number of benzene rings is 2. The van der Waals surface area contributed by atoms with Crippen LogP contribution in [0.4, 0.5) is 10.1 Å². The van der Waals surface area contributed by atoms with Gasteiger partial charge in [-0.25, -0.2) is 17.5 Å². The molecule has 0 aliphatic heterocycles. The van der Waals surface area contributed by atoms with Crippen LogP contribution < -0.4 is 14.8 Å². The second-order valence-corrected chi connectivity index (χ2v) is 10.4. The molecule has 37 heavy (non-hydrogen) atoms. The Morgan fingerprint density at radius 3 is 2.41 bits per heavy atom. The molecule has 1 aromatic heterocycles. The van der Waals surface area contributed by atoms with Gasteiger partial charge in [-0.2, -0.15) is 9.78 Å². The summed E-state index contributed by atoms with van der Waals surface area (Å²) < 4.78 is 49.3. The van der Waals surface area contributed by atoms with Gasteiger partial charge in [0, 0.05) is 29.8 Å². The fourth-order valence-electron chi connectivity index (χ4n) is 3.35. The molecule has 0 aliphatic rings. The maximum Gasteiger partial charge on any atom is 0.272 e. The monoisotopic (exact) mass is 533 g/mol. The number of nitrogens with one attached hydrogen (secondary N) is 2. The summed E-state index contributed by atoms with van der Waals surface area (Å²) in [7, 11) is -4.23. The molecule has 0 saturated carbocycles. The number of rotatable bonds is 10. The zero-order valence-electron chi connectivity index (χ0n) is 21.0. The summed E-state index contributed by atoms with van der Waals surface area (Å²) in [6.45, 7) is 8.51. The first-order chi connectivity index (χ1) is 17.3. The zero-order valence-corrected chi connectivity index (χ0v) is 21.8. The normalized spacial score (nSPS) is 12.4. The van der Waals surface area contributed by atoms with Crippen LogP contribution in [0, 0.1) is 22.9 Å². The van der Waals surface area contributed by atoms with Crippen LogP contribution in [0.15, 0.2) is 47.4 Å². The molecule has 0 aliphatic carbocycles. The number of non-ortho nitro benzene ring substituents is 1. The summed E-state index contributed by atoms with van der Waals surface area (Å²) in [6, 6.07) is 7.75. The third-order valence-corrected chi connectivity index (χ3v) is 7.05. The van der Waals surface area contributed by atoms with Gasteiger partial charge in [-0.15, -0.1) is 0 Å². The second kappa shape index (κ2) is 11.0. The van der Waals surface area contributed by atoms with Gasteiger partial charge >= 0.3 is 0 Å². The van der Waals surface area contributed by atoms with Gasteiger partial charge in [-0.05, 0) is 64.4 Å². The van der Waals surface area contributed by atoms with Crippen LogP contribution in [0.2, 0.25) is 0 Å². The van der Waals surface area contributed by atoms with Gasteiger partial charge in [-0.3, -0.25) is 14.9 Å². The molecule has 3 rings (SSSR count). The highest BCUT2D eigenvalue weighted by Crippen LogP contribution is 2.35. The number of nitro benzene ring substituents is 1. The number of halogens is 1. The van der Waals surface area contributed by atoms with E-state index in [4.69, 9.17) is 4.74 Å². The first kappa shape index (κ1) is 27.7. The van der Waals surface area contributed by atoms with Crippen molar-refractivity contribution in [2.24, 2.45) is 0 Å². The van der Waals surface area contributed by atoms with Crippen LogP contribution in [0.25, 0.3) is 5.69 Å². The number of nitrogens with zero attached hydrogens (tertiary/aromatic N) is 3. The molecule has 13 heteroatoms. The SMILES string of the molecule is CC[C@H](C)NC(=O)c1nn(-c2ccc(F)cc2)c(Oc2ccc([N+](=O)[O-])cc2S(=O)(=O)NC(C)C)c1C. The quantitative estimate of drug-likeness (QED) is 0.293. The van der Waals surface area contributed by atoms with Crippen molar-refractivity contribution in [2.75, 3.05) is 0 Å². The van der Waals surface area contributed by atoms with Gasteiger partial charge in [0.1, 0.15) is 16.5 Å². The van der Waals surface area contributed by atoms with Crippen molar-refractivity contribution >= 4 is 21.6 Å². The van der Waals surface area contributed by atoms with Gasteiger partial charge in [0.15, 0.2) is 5.69 Å². The van der Waals surface area contributed by atoms with Crippen molar-refractivity contribution in [1.29, 1.82) is 0 Å². The van der Waals surface area contributed by atoms with E-state index in [9.17, 15) is 27.7 Å². The van der Waals surface area contributed by atoms with Crippen LogP contribution in [0.3, 0.4) is 0 Å². The molecule has 0 saturated heterocycles. The molecule has 2 aromatic carbocycles. The minimum Gasteiger partial charge on any atom is -0.437 e. The maximum absolute atomic E-state index is 13.6. The van der Waals surface area contributed by atoms with Crippen LogP contribution in [0.1, 0.15) is 50.2 Å². The summed E-state index contributed by atoms with van der Waals surface area (Å²) in [4.78, 5) is 23.1. The molecule has 0 bridgehead atoms. The van der Waals surface area contributed by atoms with Crippen molar-refractivity contribution in [3.8, 4) is 17.3 Å². The predicted molar refractivity (Wildman–Crippen MR) is 134 cm³/mol. The van der Waals surface area contributed by atoms with E-state index in [-0.39, 0.29) is 28.9 Å². The van der Waals surface area contributed by atoms with E-state index in [1.807, 2.05) is 13.8 Å². The Bertz CT molecular complexity index is 1420. The Balaban J connectivity index is 2.20. The Morgan fingerprint density at radius 2 is 1.84 bits per heavy atom. The molecule has 11 nitrogen and oxygen atoms in total. The topological polar surface area (TPSA) is 145 Å². The van der Waals surface area contributed by atoms with Crippen molar-refractivity contribution in [1.82, 2.24) is 19.8 Å². The summed E-state index contributed by atoms with van der Waals surface area (Å²) in [5, 5.41) is 18.5. The van der Waals surface area contributed by atoms with Crippen LogP contribution in [-0.2, 0) is 10.0 Å². The van der Waals surface area contributed by atoms with Crippen LogP contribution in [-0.4, -0.2) is 41.1 Å². The number of amides is 1. The van der Waals surface area contributed by atoms with E-state index in [1.54, 1.807) is 20.8 Å². The fourth-order valence-corrected chi connectivity index (χ4v) is 4.75. The van der Waals surface area contributed by atoms with Crippen molar-refractivity contribution in [3.05, 3.63) is 69.7 Å². The number of carbonyl (C=O) groups is 1. The molecule has 0 spiro atoms. The van der Waals surface area contributed by atoms with Gasteiger partial charge < -0.3 is 10.1 Å². The molecule has 2 N–H and O–H groups in total. The smallest absolute Gasteiger partial charge is 0.272 e. The Morgan fingerprint density at radius 1 is 1.19 bits per heavy atom. The van der Waals surface area contributed by atoms with Gasteiger partial charge in [0.05, 0.1) is 10.6 Å². The lowest BCUT2D eigenvalue weighted by Crippen LogP contribution is -2.32. The van der Waals surface area contributed by atoms with Crippen LogP contribution >= 0.6 is 0 Å². The third kappa shape index (κ3) is 6.30. The van der Waals surface area contributed by atoms with E-state index in [2.05, 4.69) is 15.1 Å². The van der Waals surface area contributed by atoms with E-state index in [0.29, 0.717) is 12.1 Å². The van der Waals surface area contributed by atoms with Gasteiger partial charge in [0.2, 0.25) is 15.9 Å². The number of nitro groups is 1. The molecule has 0 fully saturated rings. The van der Waals surface area contributed by atoms with Crippen molar-refractivity contribution in [2.45, 2.75) is 58.0 Å². The largest absolute Gasteiger partial charge is 0.437 e. The Labute approximate surface area is 213 Å². The average molecular weight is 534 g/mol. The molecular weight excluding hydrogens is 505 g/mol. The van der Waals surface area contributed by atoms with E-state index in [1.165, 1.54) is 28.9 Å². The van der Waals surface area contributed by atoms with Crippen molar-refractivity contribution < 1.29 is 27.3 Å². The first-order valence-electron chi connectivity index (χ1n) is 11.5. The summed E-state index contributed by atoms with van der Waals surface area (Å²) >= 11 is 0. The minimum atomic E-state index is -4.23. The minimum absolute atomic E-state index is 0.0178. The highest BCUT2D eigenvalue weighted by atomic mass is 32.2. The van der Waals surface area contributed by atoms with E-state index >= 15 is 0 Å². The molecule has 0 unspecified atom stereocenters. The molecule has 1 heterocycles. The summed E-state index contributed by atoms with van der Waals surface area (Å²) in [5.41, 5.74) is 0.192. The Hall–Kier alpha value is -3.84. The third-order valence-electron chi connectivity index (χ3n) is 5.37. The Kier molecular flexibility index (Phi) is 8.28. The molecule has 1 atom stereocenters. The lowest BCUT2D eigenvalue weighted by atomic mass is 10.2. The number of ether oxygens (including phenoxy) is 1. The molecular formula is C24H28FN5O6S. The lowest BCUT2D eigenvalue weighted by molar-refractivity contribution is -0.385. The highest BCUT2D eigenvalue weighted by Gasteiger charge is 2.28. The van der Waals surface area contributed by atoms with Gasteiger partial charge in [-0.1, -0.05) is 6.92 Å². The average Bonchev–Trinajstić information content (AvgIpc) is 3.14. The predicted octanol–water partition coefficient (Wildman–Crippen LogP) is 4.24. The fraction of sp³-hybridized carbons (Fsp3) is 0.333. The summed E-state index contributed by atoms with van der Waals surface area (Å²) in [6.07, 6.45) is 0.680. The number of sulfonamides is 1. The maximum atomic E-state index is 13.6. The molecule has 198 valence electrons. The van der Waals surface area contributed by atoms with E-state index in [0.717, 1.165) is 18.2 Å².